The first-order chi connectivity index (χ1) is 19.4. The van der Waals surface area contributed by atoms with Crippen molar-refractivity contribution in [1.29, 1.82) is 0 Å². The first-order valence-corrected chi connectivity index (χ1v) is 13.0. The second kappa shape index (κ2) is 12.5. The Kier molecular flexibility index (Phi) is 9.73. The Bertz CT molecular complexity index is 1420. The minimum atomic E-state index is -4.70. The van der Waals surface area contributed by atoms with Crippen LogP contribution in [-0.2, 0) is 25.4 Å². The summed E-state index contributed by atoms with van der Waals surface area (Å²) in [5.41, 5.74) is -2.90. The monoisotopic (exact) mass is 597 g/mol. The molecule has 0 fully saturated rings. The summed E-state index contributed by atoms with van der Waals surface area (Å²) in [5, 5.41) is 2.83. The fourth-order valence-electron chi connectivity index (χ4n) is 3.65. The van der Waals surface area contributed by atoms with Gasteiger partial charge in [-0.2, -0.15) is 18.1 Å². The Hall–Kier alpha value is -3.91. The standard InChI is InChI=1S/C28H34F3N3O8/c1-9-39-42-24(35)21-22(17(14-38-26(2,3)4)32-25(36)41-27(5,6)7)40-23(34-21)16-10-12-18(37-8)20-15(16)11-13-19(33-20)28(29,30)31/h10-13,17H,9,14H2,1-8H3,(H,32,36). The van der Waals surface area contributed by atoms with Crippen molar-refractivity contribution in [2.75, 3.05) is 20.3 Å². The summed E-state index contributed by atoms with van der Waals surface area (Å²) in [6, 6.07) is 3.79. The van der Waals surface area contributed by atoms with Crippen molar-refractivity contribution in [3.05, 3.63) is 41.4 Å². The molecule has 1 aromatic carbocycles. The SMILES string of the molecule is CCOOC(=O)c1nc(-c2ccc(OC)c3nc(C(F)(F)F)ccc23)oc1C(COC(C)(C)C)NC(=O)OC(C)(C)C. The number of carbonyl (C=O) groups excluding carboxylic acids is 2. The van der Waals surface area contributed by atoms with E-state index < -0.39 is 41.2 Å². The van der Waals surface area contributed by atoms with E-state index in [2.05, 4.69) is 15.3 Å². The molecule has 3 aromatic rings. The molecule has 0 aliphatic carbocycles. The van der Waals surface area contributed by atoms with Crippen molar-refractivity contribution in [2.45, 2.75) is 71.9 Å². The second-order valence-corrected chi connectivity index (χ2v) is 11.0. The van der Waals surface area contributed by atoms with Crippen LogP contribution in [0.4, 0.5) is 18.0 Å². The molecule has 2 heterocycles. The van der Waals surface area contributed by atoms with Crippen LogP contribution in [0.1, 0.15) is 76.5 Å². The third kappa shape index (κ3) is 8.32. The second-order valence-electron chi connectivity index (χ2n) is 11.0. The summed E-state index contributed by atoms with van der Waals surface area (Å²) >= 11 is 0. The number of amides is 1. The zero-order valence-electron chi connectivity index (χ0n) is 24.6. The molecule has 0 radical (unpaired) electrons. The van der Waals surface area contributed by atoms with Gasteiger partial charge in [-0.25, -0.2) is 19.6 Å². The molecule has 0 saturated carbocycles. The maximum Gasteiger partial charge on any atom is 0.433 e. The van der Waals surface area contributed by atoms with Gasteiger partial charge in [0.05, 0.1) is 25.9 Å². The van der Waals surface area contributed by atoms with Crippen LogP contribution in [0, 0.1) is 0 Å². The number of hydrogen-bond acceptors (Lipinski definition) is 10. The number of alkyl halides is 3. The minimum absolute atomic E-state index is 0.0365. The molecule has 1 atom stereocenters. The summed E-state index contributed by atoms with van der Waals surface area (Å²) in [4.78, 5) is 43.4. The van der Waals surface area contributed by atoms with Crippen molar-refractivity contribution in [1.82, 2.24) is 15.3 Å². The molecule has 230 valence electrons. The van der Waals surface area contributed by atoms with E-state index in [1.807, 2.05) is 0 Å². The van der Waals surface area contributed by atoms with Crippen molar-refractivity contribution >= 4 is 23.0 Å². The van der Waals surface area contributed by atoms with Crippen LogP contribution in [0.15, 0.2) is 28.7 Å². The number of ether oxygens (including phenoxy) is 3. The van der Waals surface area contributed by atoms with E-state index in [0.717, 1.165) is 6.07 Å². The maximum absolute atomic E-state index is 13.4. The van der Waals surface area contributed by atoms with Gasteiger partial charge in [0, 0.05) is 10.9 Å². The lowest BCUT2D eigenvalue weighted by Crippen LogP contribution is -2.38. The average Bonchev–Trinajstić information content (AvgIpc) is 3.31. The van der Waals surface area contributed by atoms with Crippen molar-refractivity contribution in [3.63, 3.8) is 0 Å². The Labute approximate surface area is 240 Å². The van der Waals surface area contributed by atoms with Gasteiger partial charge in [0.25, 0.3) is 0 Å². The molecular weight excluding hydrogens is 563 g/mol. The maximum atomic E-state index is 13.4. The quantitative estimate of drug-likeness (QED) is 0.218. The number of methoxy groups -OCH3 is 1. The Morgan fingerprint density at radius 3 is 2.26 bits per heavy atom. The third-order valence-corrected chi connectivity index (χ3v) is 5.35. The molecule has 2 aromatic heterocycles. The highest BCUT2D eigenvalue weighted by Gasteiger charge is 2.35. The number of fused-ring (bicyclic) bond motifs is 1. The van der Waals surface area contributed by atoms with Crippen molar-refractivity contribution < 1.29 is 51.2 Å². The number of rotatable bonds is 9. The highest BCUT2D eigenvalue weighted by molar-refractivity contribution is 5.97. The first-order valence-electron chi connectivity index (χ1n) is 13.0. The molecule has 3 rings (SSSR count). The van der Waals surface area contributed by atoms with Gasteiger partial charge in [-0.1, -0.05) is 0 Å². The number of aromatic nitrogens is 2. The van der Waals surface area contributed by atoms with E-state index in [1.165, 1.54) is 25.3 Å². The molecule has 1 unspecified atom stereocenters. The average molecular weight is 598 g/mol. The number of benzene rings is 1. The number of pyridine rings is 1. The highest BCUT2D eigenvalue weighted by atomic mass is 19.4. The van der Waals surface area contributed by atoms with E-state index >= 15 is 0 Å². The molecule has 42 heavy (non-hydrogen) atoms. The molecule has 11 nitrogen and oxygen atoms in total. The van der Waals surface area contributed by atoms with E-state index in [1.54, 1.807) is 48.5 Å². The van der Waals surface area contributed by atoms with Gasteiger partial charge in [-0.3, -0.25) is 4.89 Å². The van der Waals surface area contributed by atoms with Gasteiger partial charge < -0.3 is 23.9 Å². The smallest absolute Gasteiger partial charge is 0.433 e. The van der Waals surface area contributed by atoms with E-state index in [0.29, 0.717) is 0 Å². The van der Waals surface area contributed by atoms with Crippen LogP contribution in [0.2, 0.25) is 0 Å². The molecule has 0 aliphatic rings. The molecule has 1 amide bonds. The molecule has 14 heteroatoms. The van der Waals surface area contributed by atoms with Crippen molar-refractivity contribution in [3.8, 4) is 17.2 Å². The summed E-state index contributed by atoms with van der Waals surface area (Å²) in [7, 11) is 1.30. The number of carbonyl (C=O) groups is 2. The van der Waals surface area contributed by atoms with Crippen LogP contribution in [0.5, 0.6) is 5.75 Å². The number of nitrogens with one attached hydrogen (secondary N) is 1. The van der Waals surface area contributed by atoms with Gasteiger partial charge in [-0.15, -0.1) is 0 Å². The summed E-state index contributed by atoms with van der Waals surface area (Å²) in [6.07, 6.45) is -5.53. The first kappa shape index (κ1) is 32.6. The van der Waals surface area contributed by atoms with E-state index in [-0.39, 0.29) is 52.8 Å². The van der Waals surface area contributed by atoms with Gasteiger partial charge in [0.1, 0.15) is 28.6 Å². The highest BCUT2D eigenvalue weighted by Crippen LogP contribution is 2.38. The Morgan fingerprint density at radius 2 is 1.69 bits per heavy atom. The normalized spacial score (nSPS) is 13.1. The summed E-state index contributed by atoms with van der Waals surface area (Å²) in [5.74, 6) is -1.29. The minimum Gasteiger partial charge on any atom is -0.494 e. The van der Waals surface area contributed by atoms with Crippen LogP contribution in [0.3, 0.4) is 0 Å². The Balaban J connectivity index is 2.20. The number of nitrogens with zero attached hydrogens (tertiary/aromatic N) is 2. The molecule has 0 spiro atoms. The lowest BCUT2D eigenvalue weighted by atomic mass is 10.1. The van der Waals surface area contributed by atoms with E-state index in [4.69, 9.17) is 28.4 Å². The van der Waals surface area contributed by atoms with Crippen LogP contribution in [-0.4, -0.2) is 53.6 Å². The molecule has 0 saturated heterocycles. The lowest BCUT2D eigenvalue weighted by molar-refractivity contribution is -0.237. The van der Waals surface area contributed by atoms with Gasteiger partial charge >= 0.3 is 18.2 Å². The summed E-state index contributed by atoms with van der Waals surface area (Å²) in [6.45, 7) is 11.9. The zero-order chi connectivity index (χ0) is 31.5. The predicted molar refractivity (Wildman–Crippen MR) is 144 cm³/mol. The van der Waals surface area contributed by atoms with Gasteiger partial charge in [0.2, 0.25) is 5.89 Å². The number of halogens is 3. The lowest BCUT2D eigenvalue weighted by Gasteiger charge is -2.26. The Morgan fingerprint density at radius 1 is 1.00 bits per heavy atom. The zero-order valence-corrected chi connectivity index (χ0v) is 24.6. The van der Waals surface area contributed by atoms with E-state index in [9.17, 15) is 22.8 Å². The topological polar surface area (TPSA) is 131 Å². The molecular formula is C28H34F3N3O8. The van der Waals surface area contributed by atoms with Gasteiger partial charge in [0.15, 0.2) is 11.5 Å². The molecule has 0 bridgehead atoms. The molecule has 1 N–H and O–H groups in total. The van der Waals surface area contributed by atoms with Crippen LogP contribution in [0.25, 0.3) is 22.4 Å². The van der Waals surface area contributed by atoms with Crippen molar-refractivity contribution in [2.24, 2.45) is 0 Å². The number of hydrogen-bond donors (Lipinski definition) is 1. The predicted octanol–water partition coefficient (Wildman–Crippen LogP) is 6.41. The number of alkyl carbamates (subject to hydrolysis) is 1. The van der Waals surface area contributed by atoms with Crippen LogP contribution < -0.4 is 10.1 Å². The van der Waals surface area contributed by atoms with Gasteiger partial charge in [-0.05, 0) is 72.7 Å². The summed E-state index contributed by atoms with van der Waals surface area (Å²) < 4.78 is 62.8. The molecule has 0 aliphatic heterocycles. The third-order valence-electron chi connectivity index (χ3n) is 5.35. The fraction of sp³-hybridized carbons (Fsp3) is 0.500. The number of oxazole rings is 1. The largest absolute Gasteiger partial charge is 0.494 e. The van der Waals surface area contributed by atoms with Crippen LogP contribution >= 0.6 is 0 Å². The fourth-order valence-corrected chi connectivity index (χ4v) is 3.65.